The molecular weight excluding hydrogens is 279 g/mol. The number of H-pyrrole nitrogens is 1. The fourth-order valence-electron chi connectivity index (χ4n) is 2.25. The standard InChI is InChI=1S/C15H18F3N3/c1-9(2)7-12(19)14-20-8-13(21-14)10-5-3-4-6-11(10)15(16,17)18/h3-6,8-9,12H,7,19H2,1-2H3,(H,20,21). The minimum absolute atomic E-state index is 0.0838. The van der Waals surface area contributed by atoms with Gasteiger partial charge in [-0.05, 0) is 18.4 Å². The van der Waals surface area contributed by atoms with Crippen molar-refractivity contribution in [2.75, 3.05) is 0 Å². The number of aromatic amines is 1. The zero-order valence-corrected chi connectivity index (χ0v) is 11.9. The molecule has 0 amide bonds. The van der Waals surface area contributed by atoms with Crippen LogP contribution in [0.15, 0.2) is 30.5 Å². The number of rotatable bonds is 4. The highest BCUT2D eigenvalue weighted by molar-refractivity contribution is 5.64. The zero-order chi connectivity index (χ0) is 15.6. The van der Waals surface area contributed by atoms with E-state index in [0.29, 0.717) is 23.9 Å². The maximum Gasteiger partial charge on any atom is 0.417 e. The van der Waals surface area contributed by atoms with Crippen LogP contribution in [0, 0.1) is 5.92 Å². The van der Waals surface area contributed by atoms with E-state index in [1.807, 2.05) is 13.8 Å². The molecule has 3 nitrogen and oxygen atoms in total. The van der Waals surface area contributed by atoms with Gasteiger partial charge in [0, 0.05) is 5.56 Å². The van der Waals surface area contributed by atoms with Gasteiger partial charge >= 0.3 is 6.18 Å². The lowest BCUT2D eigenvalue weighted by Gasteiger charge is -2.12. The van der Waals surface area contributed by atoms with Gasteiger partial charge in [-0.2, -0.15) is 13.2 Å². The molecule has 114 valence electrons. The molecule has 1 atom stereocenters. The van der Waals surface area contributed by atoms with Gasteiger partial charge in [-0.1, -0.05) is 32.0 Å². The highest BCUT2D eigenvalue weighted by atomic mass is 19.4. The molecular formula is C15H18F3N3. The molecule has 0 spiro atoms. The largest absolute Gasteiger partial charge is 0.417 e. The van der Waals surface area contributed by atoms with E-state index in [9.17, 15) is 13.2 Å². The minimum atomic E-state index is -4.40. The average Bonchev–Trinajstić information content (AvgIpc) is 2.86. The number of nitrogens with two attached hydrogens (primary N) is 1. The number of aromatic nitrogens is 2. The molecule has 1 unspecified atom stereocenters. The number of nitrogens with zero attached hydrogens (tertiary/aromatic N) is 1. The second kappa shape index (κ2) is 5.89. The Kier molecular flexibility index (Phi) is 4.37. The van der Waals surface area contributed by atoms with Crippen molar-refractivity contribution in [3.8, 4) is 11.3 Å². The van der Waals surface area contributed by atoms with Crippen LogP contribution in [0.3, 0.4) is 0 Å². The van der Waals surface area contributed by atoms with Crippen molar-refractivity contribution in [1.29, 1.82) is 0 Å². The molecule has 0 aliphatic rings. The molecule has 6 heteroatoms. The molecule has 2 rings (SSSR count). The number of nitrogens with one attached hydrogen (secondary N) is 1. The van der Waals surface area contributed by atoms with E-state index < -0.39 is 11.7 Å². The fourth-order valence-corrected chi connectivity index (χ4v) is 2.25. The molecule has 3 N–H and O–H groups in total. The maximum absolute atomic E-state index is 13.0. The van der Waals surface area contributed by atoms with Gasteiger partial charge in [0.25, 0.3) is 0 Å². The lowest BCUT2D eigenvalue weighted by atomic mass is 10.0. The quantitative estimate of drug-likeness (QED) is 0.891. The van der Waals surface area contributed by atoms with Crippen LogP contribution in [0.2, 0.25) is 0 Å². The summed E-state index contributed by atoms with van der Waals surface area (Å²) < 4.78 is 39.0. The van der Waals surface area contributed by atoms with Gasteiger partial charge in [0.1, 0.15) is 5.82 Å². The molecule has 1 aromatic carbocycles. The average molecular weight is 297 g/mol. The Morgan fingerprint density at radius 1 is 1.24 bits per heavy atom. The Bertz CT molecular complexity index is 602. The predicted octanol–water partition coefficient (Wildman–Crippen LogP) is 4.14. The Labute approximate surface area is 121 Å². The first-order valence-corrected chi connectivity index (χ1v) is 6.76. The van der Waals surface area contributed by atoms with Crippen LogP contribution in [0.25, 0.3) is 11.3 Å². The summed E-state index contributed by atoms with van der Waals surface area (Å²) in [5.74, 6) is 0.895. The summed E-state index contributed by atoms with van der Waals surface area (Å²) in [5, 5.41) is 0. The fraction of sp³-hybridized carbons (Fsp3) is 0.400. The van der Waals surface area contributed by atoms with E-state index in [2.05, 4.69) is 9.97 Å². The molecule has 0 radical (unpaired) electrons. The van der Waals surface area contributed by atoms with Crippen molar-refractivity contribution in [2.45, 2.75) is 32.5 Å². The summed E-state index contributed by atoms with van der Waals surface area (Å²) in [7, 11) is 0. The van der Waals surface area contributed by atoms with E-state index in [0.717, 1.165) is 6.07 Å². The molecule has 0 saturated carbocycles. The third-order valence-corrected chi connectivity index (χ3v) is 3.19. The molecule has 0 saturated heterocycles. The number of hydrogen-bond acceptors (Lipinski definition) is 2. The minimum Gasteiger partial charge on any atom is -0.341 e. The van der Waals surface area contributed by atoms with Crippen molar-refractivity contribution in [3.63, 3.8) is 0 Å². The third kappa shape index (κ3) is 3.64. The molecule has 0 aliphatic heterocycles. The van der Waals surface area contributed by atoms with E-state index in [4.69, 9.17) is 5.73 Å². The molecule has 2 aromatic rings. The summed E-state index contributed by atoms with van der Waals surface area (Å²) in [6.07, 6.45) is -2.28. The van der Waals surface area contributed by atoms with Crippen molar-refractivity contribution in [3.05, 3.63) is 41.9 Å². The van der Waals surface area contributed by atoms with Crippen molar-refractivity contribution in [2.24, 2.45) is 11.7 Å². The first-order chi connectivity index (χ1) is 9.79. The van der Waals surface area contributed by atoms with Crippen molar-refractivity contribution >= 4 is 0 Å². The number of benzene rings is 1. The number of hydrogen-bond donors (Lipinski definition) is 2. The van der Waals surface area contributed by atoms with Gasteiger partial charge < -0.3 is 10.7 Å². The summed E-state index contributed by atoms with van der Waals surface area (Å²) in [4.78, 5) is 7.03. The molecule has 1 heterocycles. The van der Waals surface area contributed by atoms with Crippen molar-refractivity contribution < 1.29 is 13.2 Å². The van der Waals surface area contributed by atoms with Crippen LogP contribution in [-0.2, 0) is 6.18 Å². The smallest absolute Gasteiger partial charge is 0.341 e. The molecule has 0 bridgehead atoms. The van der Waals surface area contributed by atoms with Crippen LogP contribution < -0.4 is 5.73 Å². The third-order valence-electron chi connectivity index (χ3n) is 3.19. The summed E-state index contributed by atoms with van der Waals surface area (Å²) in [5.41, 5.74) is 5.73. The molecule has 21 heavy (non-hydrogen) atoms. The summed E-state index contributed by atoms with van der Waals surface area (Å²) >= 11 is 0. The van der Waals surface area contributed by atoms with Crippen LogP contribution in [0.4, 0.5) is 13.2 Å². The van der Waals surface area contributed by atoms with Crippen molar-refractivity contribution in [1.82, 2.24) is 9.97 Å². The lowest BCUT2D eigenvalue weighted by molar-refractivity contribution is -0.137. The summed E-state index contributed by atoms with van der Waals surface area (Å²) in [6.45, 7) is 4.06. The Hall–Kier alpha value is -1.82. The Morgan fingerprint density at radius 2 is 1.90 bits per heavy atom. The van der Waals surface area contributed by atoms with Crippen LogP contribution in [0.5, 0.6) is 0 Å². The Morgan fingerprint density at radius 3 is 2.52 bits per heavy atom. The van der Waals surface area contributed by atoms with Gasteiger partial charge in [-0.25, -0.2) is 4.98 Å². The Balaban J connectivity index is 2.35. The van der Waals surface area contributed by atoms with E-state index in [-0.39, 0.29) is 11.6 Å². The first-order valence-electron chi connectivity index (χ1n) is 6.76. The SMILES string of the molecule is CC(C)CC(N)c1ncc(-c2ccccc2C(F)(F)F)[nH]1. The molecule has 0 aliphatic carbocycles. The van der Waals surface area contributed by atoms with E-state index in [1.54, 1.807) is 6.07 Å². The highest BCUT2D eigenvalue weighted by Crippen LogP contribution is 2.36. The van der Waals surface area contributed by atoms with E-state index >= 15 is 0 Å². The number of alkyl halides is 3. The van der Waals surface area contributed by atoms with Crippen LogP contribution >= 0.6 is 0 Å². The van der Waals surface area contributed by atoms with Crippen LogP contribution in [-0.4, -0.2) is 9.97 Å². The normalized spacial score (nSPS) is 13.7. The monoisotopic (exact) mass is 297 g/mol. The van der Waals surface area contributed by atoms with Gasteiger partial charge in [-0.15, -0.1) is 0 Å². The highest BCUT2D eigenvalue weighted by Gasteiger charge is 2.33. The second-order valence-corrected chi connectivity index (χ2v) is 5.46. The first kappa shape index (κ1) is 15.6. The number of imidazole rings is 1. The van der Waals surface area contributed by atoms with Gasteiger partial charge in [0.15, 0.2) is 0 Å². The molecule has 0 fully saturated rings. The van der Waals surface area contributed by atoms with E-state index in [1.165, 1.54) is 18.3 Å². The maximum atomic E-state index is 13.0. The van der Waals surface area contributed by atoms with Gasteiger partial charge in [0.05, 0.1) is 23.5 Å². The molecule has 1 aromatic heterocycles. The second-order valence-electron chi connectivity index (χ2n) is 5.46. The van der Waals surface area contributed by atoms with Crippen LogP contribution in [0.1, 0.15) is 37.7 Å². The van der Waals surface area contributed by atoms with Gasteiger partial charge in [0.2, 0.25) is 0 Å². The number of halogens is 3. The topological polar surface area (TPSA) is 54.7 Å². The summed E-state index contributed by atoms with van der Waals surface area (Å²) in [6, 6.07) is 5.11. The lowest BCUT2D eigenvalue weighted by Crippen LogP contribution is -2.14. The van der Waals surface area contributed by atoms with Gasteiger partial charge in [-0.3, -0.25) is 0 Å². The zero-order valence-electron chi connectivity index (χ0n) is 11.9. The predicted molar refractivity (Wildman–Crippen MR) is 75.4 cm³/mol.